The molecule has 20 heavy (non-hydrogen) atoms. The zero-order valence-electron chi connectivity index (χ0n) is 10.4. The number of benzene rings is 2. The summed E-state index contributed by atoms with van der Waals surface area (Å²) in [6.45, 7) is 0. The van der Waals surface area contributed by atoms with E-state index in [2.05, 4.69) is 0 Å². The van der Waals surface area contributed by atoms with Gasteiger partial charge in [-0.3, -0.25) is 4.90 Å². The summed E-state index contributed by atoms with van der Waals surface area (Å²) in [6.07, 6.45) is 0. The van der Waals surface area contributed by atoms with Crippen LogP contribution < -0.4 is 10.6 Å². The molecule has 5 nitrogen and oxygen atoms in total. The van der Waals surface area contributed by atoms with Crippen LogP contribution in [0.25, 0.3) is 0 Å². The van der Waals surface area contributed by atoms with Gasteiger partial charge in [0.1, 0.15) is 12.1 Å². The van der Waals surface area contributed by atoms with Crippen molar-refractivity contribution in [2.45, 2.75) is 0 Å². The quantitative estimate of drug-likeness (QED) is 0.901. The summed E-state index contributed by atoms with van der Waals surface area (Å²) in [5.41, 5.74) is 6.73. The predicted molar refractivity (Wildman–Crippen MR) is 74.0 cm³/mol. The Labute approximate surface area is 116 Å². The van der Waals surface area contributed by atoms with E-state index >= 15 is 0 Å². The van der Waals surface area contributed by atoms with Gasteiger partial charge in [0.2, 0.25) is 0 Å². The maximum Gasteiger partial charge on any atom is 0.323 e. The Kier molecular flexibility index (Phi) is 3.65. The molecule has 0 bridgehead atoms. The molecular weight excluding hydrogens is 252 g/mol. The van der Waals surface area contributed by atoms with E-state index in [4.69, 9.17) is 16.3 Å². The number of hydrogen-bond acceptors (Lipinski definition) is 3. The van der Waals surface area contributed by atoms with Crippen LogP contribution in [0.5, 0.6) is 0 Å². The smallest absolute Gasteiger partial charge is 0.323 e. The van der Waals surface area contributed by atoms with Crippen molar-refractivity contribution in [2.24, 2.45) is 5.73 Å². The molecule has 2 N–H and O–H groups in total. The van der Waals surface area contributed by atoms with E-state index in [0.717, 1.165) is 4.90 Å². The second-order valence-electron chi connectivity index (χ2n) is 3.93. The average Bonchev–Trinajstić information content (AvgIpc) is 2.48. The molecule has 0 saturated heterocycles. The van der Waals surface area contributed by atoms with E-state index in [-0.39, 0.29) is 0 Å². The SMILES string of the molecule is N#Cc1ccccc1N(C(N)=O)c1ccccc1C#N. The second kappa shape index (κ2) is 5.55. The molecule has 2 rings (SSSR count). The molecule has 0 spiro atoms. The lowest BCUT2D eigenvalue weighted by molar-refractivity contribution is 0.256. The van der Waals surface area contributed by atoms with Crippen molar-refractivity contribution in [3.05, 3.63) is 59.7 Å². The summed E-state index contributed by atoms with van der Waals surface area (Å²) in [7, 11) is 0. The van der Waals surface area contributed by atoms with E-state index in [0.29, 0.717) is 22.5 Å². The third-order valence-corrected chi connectivity index (χ3v) is 2.75. The second-order valence-corrected chi connectivity index (χ2v) is 3.93. The van der Waals surface area contributed by atoms with Gasteiger partial charge in [0, 0.05) is 0 Å². The number of nitrogens with two attached hydrogens (primary N) is 1. The maximum atomic E-state index is 11.8. The van der Waals surface area contributed by atoms with Gasteiger partial charge in [-0.2, -0.15) is 10.5 Å². The van der Waals surface area contributed by atoms with Crippen LogP contribution in [-0.2, 0) is 0 Å². The van der Waals surface area contributed by atoms with Crippen LogP contribution in [0.15, 0.2) is 48.5 Å². The van der Waals surface area contributed by atoms with E-state index in [1.165, 1.54) is 0 Å². The van der Waals surface area contributed by atoms with Crippen LogP contribution >= 0.6 is 0 Å². The molecule has 2 aromatic rings. The number of primary amides is 1. The van der Waals surface area contributed by atoms with Crippen molar-refractivity contribution >= 4 is 17.4 Å². The van der Waals surface area contributed by atoms with Crippen molar-refractivity contribution in [1.82, 2.24) is 0 Å². The Balaban J connectivity index is 2.68. The zero-order valence-corrected chi connectivity index (χ0v) is 10.4. The van der Waals surface area contributed by atoms with Gasteiger partial charge in [0.15, 0.2) is 0 Å². The van der Waals surface area contributed by atoms with Crippen LogP contribution in [0.1, 0.15) is 11.1 Å². The average molecular weight is 262 g/mol. The number of para-hydroxylation sites is 2. The highest BCUT2D eigenvalue weighted by atomic mass is 16.2. The molecule has 0 radical (unpaired) electrons. The minimum Gasteiger partial charge on any atom is -0.351 e. The van der Waals surface area contributed by atoms with Gasteiger partial charge in [0.05, 0.1) is 22.5 Å². The number of carbonyl (C=O) groups excluding carboxylic acids is 1. The molecule has 2 aromatic carbocycles. The Morgan fingerprint density at radius 1 is 0.900 bits per heavy atom. The number of amides is 2. The number of hydrogen-bond donors (Lipinski definition) is 1. The molecule has 0 saturated carbocycles. The molecule has 0 atom stereocenters. The summed E-state index contributed by atoms with van der Waals surface area (Å²) in [5, 5.41) is 18.3. The Morgan fingerprint density at radius 3 is 1.65 bits per heavy atom. The Hall–Kier alpha value is -3.31. The summed E-state index contributed by atoms with van der Waals surface area (Å²) < 4.78 is 0. The lowest BCUT2D eigenvalue weighted by Gasteiger charge is -2.22. The van der Waals surface area contributed by atoms with Gasteiger partial charge in [0.25, 0.3) is 0 Å². The first-order chi connectivity index (χ1) is 9.69. The number of rotatable bonds is 2. The van der Waals surface area contributed by atoms with Crippen LogP contribution in [0.4, 0.5) is 16.2 Å². The molecule has 5 heteroatoms. The first kappa shape index (κ1) is 13.1. The molecule has 96 valence electrons. The highest BCUT2D eigenvalue weighted by molar-refractivity contribution is 6.00. The summed E-state index contributed by atoms with van der Waals surface area (Å²) in [4.78, 5) is 12.9. The van der Waals surface area contributed by atoms with Crippen molar-refractivity contribution in [1.29, 1.82) is 10.5 Å². The van der Waals surface area contributed by atoms with Gasteiger partial charge in [-0.15, -0.1) is 0 Å². The molecule has 0 unspecified atom stereocenters. The third-order valence-electron chi connectivity index (χ3n) is 2.75. The minimum atomic E-state index is -0.754. The molecule has 2 amide bonds. The molecule has 0 aliphatic rings. The summed E-state index contributed by atoms with van der Waals surface area (Å²) in [5.74, 6) is 0. The molecule has 0 fully saturated rings. The van der Waals surface area contributed by atoms with Gasteiger partial charge in [-0.05, 0) is 24.3 Å². The van der Waals surface area contributed by atoms with Gasteiger partial charge in [-0.1, -0.05) is 24.3 Å². The van der Waals surface area contributed by atoms with Crippen molar-refractivity contribution in [3.63, 3.8) is 0 Å². The summed E-state index contributed by atoms with van der Waals surface area (Å²) in [6, 6.07) is 16.4. The van der Waals surface area contributed by atoms with E-state index in [1.54, 1.807) is 48.5 Å². The Morgan fingerprint density at radius 2 is 1.30 bits per heavy atom. The maximum absolute atomic E-state index is 11.8. The molecule has 0 heterocycles. The fraction of sp³-hybridized carbons (Fsp3) is 0. The number of nitrogens with zero attached hydrogens (tertiary/aromatic N) is 3. The van der Waals surface area contributed by atoms with E-state index < -0.39 is 6.03 Å². The van der Waals surface area contributed by atoms with Crippen molar-refractivity contribution in [3.8, 4) is 12.1 Å². The number of anilines is 2. The predicted octanol–water partition coefficient (Wildman–Crippen LogP) is 2.65. The zero-order chi connectivity index (χ0) is 14.5. The minimum absolute atomic E-state index is 0.305. The molecule has 0 aromatic heterocycles. The fourth-order valence-corrected chi connectivity index (χ4v) is 1.89. The van der Waals surface area contributed by atoms with E-state index in [9.17, 15) is 4.79 Å². The summed E-state index contributed by atoms with van der Waals surface area (Å²) >= 11 is 0. The standard InChI is InChI=1S/C15H10N4O/c16-9-11-5-1-3-7-13(11)19(15(18)20)14-8-4-2-6-12(14)10-17/h1-8H,(H2,18,20). The molecule has 0 aliphatic heterocycles. The Bertz CT molecular complexity index is 683. The monoisotopic (exact) mass is 262 g/mol. The topological polar surface area (TPSA) is 93.9 Å². The molecule has 0 aliphatic carbocycles. The highest BCUT2D eigenvalue weighted by Gasteiger charge is 2.20. The lowest BCUT2D eigenvalue weighted by atomic mass is 10.1. The largest absolute Gasteiger partial charge is 0.351 e. The molecular formula is C15H10N4O. The number of carbonyl (C=O) groups is 1. The lowest BCUT2D eigenvalue weighted by Crippen LogP contribution is -2.32. The first-order valence-corrected chi connectivity index (χ1v) is 5.77. The fourth-order valence-electron chi connectivity index (χ4n) is 1.89. The number of nitriles is 2. The highest BCUT2D eigenvalue weighted by Crippen LogP contribution is 2.30. The van der Waals surface area contributed by atoms with Crippen LogP contribution in [-0.4, -0.2) is 6.03 Å². The van der Waals surface area contributed by atoms with Gasteiger partial charge >= 0.3 is 6.03 Å². The van der Waals surface area contributed by atoms with E-state index in [1.807, 2.05) is 12.1 Å². The van der Waals surface area contributed by atoms with Crippen LogP contribution in [0.3, 0.4) is 0 Å². The van der Waals surface area contributed by atoms with Crippen LogP contribution in [0, 0.1) is 22.7 Å². The normalized spacial score (nSPS) is 9.30. The third kappa shape index (κ3) is 2.29. The van der Waals surface area contributed by atoms with Crippen molar-refractivity contribution < 1.29 is 4.79 Å². The first-order valence-electron chi connectivity index (χ1n) is 5.77. The van der Waals surface area contributed by atoms with Crippen molar-refractivity contribution in [2.75, 3.05) is 4.90 Å². The number of urea groups is 1. The van der Waals surface area contributed by atoms with Crippen LogP contribution in [0.2, 0.25) is 0 Å². The van der Waals surface area contributed by atoms with Gasteiger partial charge < -0.3 is 5.73 Å². The van der Waals surface area contributed by atoms with Gasteiger partial charge in [-0.25, -0.2) is 4.79 Å².